The number of furan rings is 1. The van der Waals surface area contributed by atoms with Crippen LogP contribution < -0.4 is 0 Å². The molecule has 8 heteroatoms. The molecule has 0 saturated carbocycles. The third kappa shape index (κ3) is 5.91. The van der Waals surface area contributed by atoms with Crippen molar-refractivity contribution in [2.75, 3.05) is 27.8 Å². The van der Waals surface area contributed by atoms with Crippen molar-refractivity contribution in [1.82, 2.24) is 4.90 Å². The summed E-state index contributed by atoms with van der Waals surface area (Å²) in [5, 5.41) is 10.2. The van der Waals surface area contributed by atoms with E-state index in [2.05, 4.69) is 0 Å². The van der Waals surface area contributed by atoms with Crippen LogP contribution in [0.15, 0.2) is 71.0 Å². The summed E-state index contributed by atoms with van der Waals surface area (Å²) in [5.41, 5.74) is 3.54. The first-order valence-electron chi connectivity index (χ1n) is 11.5. The van der Waals surface area contributed by atoms with E-state index in [1.807, 2.05) is 54.6 Å². The number of hydrogen-bond donors (Lipinski definition) is 1. The highest BCUT2D eigenvalue weighted by Crippen LogP contribution is 2.36. The minimum atomic E-state index is -0.635. The average Bonchev–Trinajstić information content (AvgIpc) is 3.34. The van der Waals surface area contributed by atoms with E-state index in [0.29, 0.717) is 13.0 Å². The lowest BCUT2D eigenvalue weighted by molar-refractivity contribution is -0.160. The lowest BCUT2D eigenvalue weighted by Crippen LogP contribution is -2.39. The first-order chi connectivity index (χ1) is 17.0. The molecule has 2 aromatic carbocycles. The van der Waals surface area contributed by atoms with Crippen molar-refractivity contribution in [2.24, 2.45) is 0 Å². The van der Waals surface area contributed by atoms with Gasteiger partial charge in [0, 0.05) is 44.6 Å². The third-order valence-electron chi connectivity index (χ3n) is 6.12. The van der Waals surface area contributed by atoms with E-state index in [4.69, 9.17) is 23.4 Å². The number of allylic oxidation sites excluding steroid dienone is 1. The summed E-state index contributed by atoms with van der Waals surface area (Å²) in [4.78, 5) is 14.8. The third-order valence-corrected chi connectivity index (χ3v) is 6.12. The fourth-order valence-electron chi connectivity index (χ4n) is 4.08. The summed E-state index contributed by atoms with van der Waals surface area (Å²) in [5.74, 6) is -0.217. The minimum Gasteiger partial charge on any atom is -0.464 e. The molecule has 2 heterocycles. The molecule has 0 aliphatic carbocycles. The molecule has 1 N–H and O–H groups in total. The number of fused-ring (bicyclic) bond motifs is 1. The fraction of sp³-hybridized carbons (Fsp3) is 0.370. The summed E-state index contributed by atoms with van der Waals surface area (Å²) >= 11 is 0. The number of hydrogen-bond acceptors (Lipinski definition) is 7. The normalized spacial score (nSPS) is 17.9. The summed E-state index contributed by atoms with van der Waals surface area (Å²) in [6.07, 6.45) is 2.91. The van der Waals surface area contributed by atoms with Crippen LogP contribution in [0.5, 0.6) is 0 Å². The molecule has 0 fully saturated rings. The Kier molecular flexibility index (Phi) is 8.20. The monoisotopic (exact) mass is 481 g/mol. The van der Waals surface area contributed by atoms with Crippen molar-refractivity contribution in [3.8, 4) is 0 Å². The molecule has 1 aliphatic rings. The van der Waals surface area contributed by atoms with E-state index in [-0.39, 0.29) is 30.7 Å². The number of rotatable bonds is 10. The maximum Gasteiger partial charge on any atom is 0.288 e. The Hall–Kier alpha value is -3.17. The number of methoxy groups -OCH3 is 2. The first kappa shape index (κ1) is 24.9. The van der Waals surface area contributed by atoms with Gasteiger partial charge in [0.05, 0.1) is 26.0 Å². The highest BCUT2D eigenvalue weighted by atomic mass is 16.7. The molecule has 1 aliphatic heterocycles. The summed E-state index contributed by atoms with van der Waals surface area (Å²) in [6.45, 7) is 0.542. The summed E-state index contributed by atoms with van der Waals surface area (Å²) in [6, 6.07) is 15.3. The van der Waals surface area contributed by atoms with Gasteiger partial charge in [0.25, 0.3) is 5.91 Å². The van der Waals surface area contributed by atoms with Crippen LogP contribution in [0.4, 0.5) is 0 Å². The van der Waals surface area contributed by atoms with Gasteiger partial charge in [0.1, 0.15) is 5.58 Å². The smallest absolute Gasteiger partial charge is 0.288 e. The van der Waals surface area contributed by atoms with Crippen LogP contribution in [0.2, 0.25) is 0 Å². The number of nitrogens with zero attached hydrogens (tertiary/aromatic N) is 1. The van der Waals surface area contributed by atoms with Crippen LogP contribution in [0.25, 0.3) is 11.0 Å². The predicted octanol–water partition coefficient (Wildman–Crippen LogP) is 3.93. The number of amides is 1. The number of carbonyl (C=O) groups is 1. The summed E-state index contributed by atoms with van der Waals surface area (Å²) in [7, 11) is 4.73. The molecular formula is C27H31NO7. The second-order valence-electron chi connectivity index (χ2n) is 8.48. The first-order valence-corrected chi connectivity index (χ1v) is 11.5. The van der Waals surface area contributed by atoms with Crippen LogP contribution in [0.3, 0.4) is 0 Å². The van der Waals surface area contributed by atoms with Crippen LogP contribution in [0, 0.1) is 0 Å². The van der Waals surface area contributed by atoms with Crippen LogP contribution in [-0.2, 0) is 37.0 Å². The van der Waals surface area contributed by atoms with Crippen molar-refractivity contribution in [2.45, 2.75) is 38.1 Å². The van der Waals surface area contributed by atoms with Gasteiger partial charge in [-0.05, 0) is 23.3 Å². The van der Waals surface area contributed by atoms with Crippen LogP contribution in [-0.4, -0.2) is 56.3 Å². The van der Waals surface area contributed by atoms with Gasteiger partial charge in [-0.2, -0.15) is 0 Å². The zero-order chi connectivity index (χ0) is 24.8. The van der Waals surface area contributed by atoms with Gasteiger partial charge in [0.15, 0.2) is 12.0 Å². The molecule has 8 nitrogen and oxygen atoms in total. The van der Waals surface area contributed by atoms with Gasteiger partial charge in [0.2, 0.25) is 6.29 Å². The molecule has 2 atom stereocenters. The van der Waals surface area contributed by atoms with Crippen molar-refractivity contribution < 1.29 is 33.3 Å². The van der Waals surface area contributed by atoms with Crippen molar-refractivity contribution in [3.05, 3.63) is 83.3 Å². The lowest BCUT2D eigenvalue weighted by Gasteiger charge is -2.31. The maximum atomic E-state index is 13.3. The SMILES string of the molecule is COC(CN(C)C(=O)C1=CC(c2coc3ccccc23)CC(OCc2ccc(CO)cc2)O1)OC. The second-order valence-corrected chi connectivity index (χ2v) is 8.48. The average molecular weight is 482 g/mol. The van der Waals surface area contributed by atoms with Crippen LogP contribution >= 0.6 is 0 Å². The van der Waals surface area contributed by atoms with E-state index in [9.17, 15) is 9.90 Å². The number of benzene rings is 2. The Morgan fingerprint density at radius 2 is 1.83 bits per heavy atom. The highest BCUT2D eigenvalue weighted by molar-refractivity contribution is 5.92. The maximum absolute atomic E-state index is 13.3. The Balaban J connectivity index is 1.56. The zero-order valence-corrected chi connectivity index (χ0v) is 20.2. The summed E-state index contributed by atoms with van der Waals surface area (Å²) < 4.78 is 28.3. The number of ether oxygens (including phenoxy) is 4. The van der Waals surface area contributed by atoms with Gasteiger partial charge in [-0.15, -0.1) is 0 Å². The quantitative estimate of drug-likeness (QED) is 0.439. The van der Waals surface area contributed by atoms with E-state index in [1.54, 1.807) is 13.3 Å². The molecule has 1 aromatic heterocycles. The molecule has 186 valence electrons. The molecule has 4 rings (SSSR count). The molecule has 0 bridgehead atoms. The molecule has 2 unspecified atom stereocenters. The molecule has 3 aromatic rings. The predicted molar refractivity (Wildman–Crippen MR) is 129 cm³/mol. The number of aliphatic hydroxyl groups excluding tert-OH is 1. The van der Waals surface area contributed by atoms with Gasteiger partial charge in [-0.25, -0.2) is 0 Å². The van der Waals surface area contributed by atoms with Crippen LogP contribution in [0.1, 0.15) is 29.0 Å². The topological polar surface area (TPSA) is 90.6 Å². The number of carbonyl (C=O) groups excluding carboxylic acids is 1. The zero-order valence-electron chi connectivity index (χ0n) is 20.2. The molecule has 0 spiro atoms. The molecule has 35 heavy (non-hydrogen) atoms. The van der Waals surface area contributed by atoms with Crippen molar-refractivity contribution in [3.63, 3.8) is 0 Å². The highest BCUT2D eigenvalue weighted by Gasteiger charge is 2.32. The molecule has 0 radical (unpaired) electrons. The Bertz CT molecular complexity index is 1150. The molecule has 1 amide bonds. The number of para-hydroxylation sites is 1. The minimum absolute atomic E-state index is 0.00993. The Morgan fingerprint density at radius 1 is 1.11 bits per heavy atom. The van der Waals surface area contributed by atoms with Gasteiger partial charge < -0.3 is 33.4 Å². The Labute approximate surface area is 204 Å². The fourth-order valence-corrected chi connectivity index (χ4v) is 4.08. The van der Waals surface area contributed by atoms with Gasteiger partial charge >= 0.3 is 0 Å². The number of aliphatic hydroxyl groups is 1. The van der Waals surface area contributed by atoms with Crippen molar-refractivity contribution >= 4 is 16.9 Å². The van der Waals surface area contributed by atoms with E-state index in [1.165, 1.54) is 19.1 Å². The Morgan fingerprint density at radius 3 is 2.54 bits per heavy atom. The van der Waals surface area contributed by atoms with E-state index >= 15 is 0 Å². The lowest BCUT2D eigenvalue weighted by atomic mass is 9.92. The van der Waals surface area contributed by atoms with Crippen molar-refractivity contribution in [1.29, 1.82) is 0 Å². The second kappa shape index (κ2) is 11.5. The molecular weight excluding hydrogens is 450 g/mol. The van der Waals surface area contributed by atoms with E-state index in [0.717, 1.165) is 27.7 Å². The van der Waals surface area contributed by atoms with Gasteiger partial charge in [-0.1, -0.05) is 42.5 Å². The largest absolute Gasteiger partial charge is 0.464 e. The standard InChI is InChI=1S/C27H31NO7/c1-28(14-26(31-2)32-3)27(30)24-12-20(22-17-33-23-7-5-4-6-21(22)23)13-25(35-24)34-16-19-10-8-18(15-29)9-11-19/h4-12,17,20,25-26,29H,13-16H2,1-3H3. The van der Waals surface area contributed by atoms with Gasteiger partial charge in [-0.3, -0.25) is 4.79 Å². The molecule has 0 saturated heterocycles. The van der Waals surface area contributed by atoms with E-state index < -0.39 is 12.6 Å². The number of likely N-dealkylation sites (N-methyl/N-ethyl adjacent to an activating group) is 1.